The molecule has 0 aromatic carbocycles. The van der Waals surface area contributed by atoms with E-state index < -0.39 is 0 Å². The van der Waals surface area contributed by atoms with Crippen LogP contribution in [0.15, 0.2) is 67.6 Å². The Hall–Kier alpha value is -3.28. The van der Waals surface area contributed by atoms with Crippen LogP contribution in [0.2, 0.25) is 0 Å². The Morgan fingerprint density at radius 3 is 2.61 bits per heavy atom. The molecule has 0 saturated carbocycles. The van der Waals surface area contributed by atoms with E-state index in [4.69, 9.17) is 0 Å². The minimum absolute atomic E-state index is 0.669. The number of hydrogen-bond acceptors (Lipinski definition) is 5. The van der Waals surface area contributed by atoms with Gasteiger partial charge in [-0.05, 0) is 23.8 Å². The summed E-state index contributed by atoms with van der Waals surface area (Å²) in [7, 11) is 0. The van der Waals surface area contributed by atoms with E-state index in [0.717, 1.165) is 28.3 Å². The van der Waals surface area contributed by atoms with Gasteiger partial charge in [0, 0.05) is 49.3 Å². The van der Waals surface area contributed by atoms with E-state index in [1.165, 1.54) is 0 Å². The second-order valence-electron chi connectivity index (χ2n) is 5.06. The van der Waals surface area contributed by atoms with Crippen LogP contribution in [0, 0.1) is 0 Å². The minimum atomic E-state index is 0.669. The Labute approximate surface area is 132 Å². The molecule has 6 nitrogen and oxygen atoms in total. The van der Waals surface area contributed by atoms with Gasteiger partial charge < -0.3 is 5.32 Å². The molecule has 23 heavy (non-hydrogen) atoms. The maximum atomic E-state index is 4.69. The van der Waals surface area contributed by atoms with Crippen LogP contribution in [0.1, 0.15) is 5.56 Å². The summed E-state index contributed by atoms with van der Waals surface area (Å²) in [4.78, 5) is 17.1. The van der Waals surface area contributed by atoms with Crippen molar-refractivity contribution in [3.8, 4) is 11.3 Å². The largest absolute Gasteiger partial charge is 0.365 e. The molecule has 4 aromatic heterocycles. The molecular formula is C17H14N6. The first-order valence-corrected chi connectivity index (χ1v) is 7.27. The molecule has 1 N–H and O–H groups in total. The third-order valence-corrected chi connectivity index (χ3v) is 3.57. The van der Waals surface area contributed by atoms with Crippen LogP contribution >= 0.6 is 0 Å². The third-order valence-electron chi connectivity index (χ3n) is 3.57. The highest BCUT2D eigenvalue weighted by atomic mass is 15.1. The zero-order valence-corrected chi connectivity index (χ0v) is 12.3. The van der Waals surface area contributed by atoms with E-state index in [-0.39, 0.29) is 0 Å². The third kappa shape index (κ3) is 2.62. The van der Waals surface area contributed by atoms with Crippen molar-refractivity contribution in [1.29, 1.82) is 0 Å². The van der Waals surface area contributed by atoms with Crippen molar-refractivity contribution >= 4 is 11.5 Å². The molecule has 0 amide bonds. The molecule has 0 saturated heterocycles. The standard InChI is InChI=1S/C17H14N6/c1-2-13(10-19-5-1)11-21-17-16(14-3-6-18-7-4-14)22-15-12-20-8-9-23(15)17/h1-10,12,21H,11H2. The topological polar surface area (TPSA) is 68.0 Å². The van der Waals surface area contributed by atoms with Crippen molar-refractivity contribution in [2.75, 3.05) is 5.32 Å². The number of hydrogen-bond donors (Lipinski definition) is 1. The summed E-state index contributed by atoms with van der Waals surface area (Å²) in [6.07, 6.45) is 12.6. The highest BCUT2D eigenvalue weighted by Crippen LogP contribution is 2.28. The van der Waals surface area contributed by atoms with Gasteiger partial charge >= 0.3 is 0 Å². The van der Waals surface area contributed by atoms with Gasteiger partial charge in [-0.15, -0.1) is 0 Å². The van der Waals surface area contributed by atoms with Gasteiger partial charge in [0.1, 0.15) is 11.5 Å². The summed E-state index contributed by atoms with van der Waals surface area (Å²) < 4.78 is 2.00. The average Bonchev–Trinajstić information content (AvgIpc) is 3.00. The lowest BCUT2D eigenvalue weighted by Gasteiger charge is -2.08. The monoisotopic (exact) mass is 302 g/mol. The number of pyridine rings is 2. The van der Waals surface area contributed by atoms with E-state index in [1.54, 1.807) is 31.0 Å². The Bertz CT molecular complexity index is 918. The maximum Gasteiger partial charge on any atom is 0.157 e. The Morgan fingerprint density at radius 2 is 1.78 bits per heavy atom. The number of nitrogens with one attached hydrogen (secondary N) is 1. The predicted octanol–water partition coefficient (Wildman–Crippen LogP) is 2.80. The first kappa shape index (κ1) is 13.4. The molecule has 4 heterocycles. The summed E-state index contributed by atoms with van der Waals surface area (Å²) >= 11 is 0. The molecule has 4 rings (SSSR count). The number of anilines is 1. The van der Waals surface area contributed by atoms with Gasteiger partial charge in [0.2, 0.25) is 0 Å². The fourth-order valence-electron chi connectivity index (χ4n) is 2.48. The summed E-state index contributed by atoms with van der Waals surface area (Å²) in [5.74, 6) is 0.928. The number of imidazole rings is 1. The van der Waals surface area contributed by atoms with Crippen LogP contribution < -0.4 is 5.32 Å². The zero-order valence-electron chi connectivity index (χ0n) is 12.3. The molecule has 6 heteroatoms. The fourth-order valence-corrected chi connectivity index (χ4v) is 2.48. The average molecular weight is 302 g/mol. The first-order chi connectivity index (χ1) is 11.4. The van der Waals surface area contributed by atoms with Gasteiger partial charge in [0.25, 0.3) is 0 Å². The lowest BCUT2D eigenvalue weighted by molar-refractivity contribution is 1.06. The molecule has 0 aliphatic rings. The van der Waals surface area contributed by atoms with Crippen LogP contribution in [0.3, 0.4) is 0 Å². The van der Waals surface area contributed by atoms with Crippen molar-refractivity contribution in [3.63, 3.8) is 0 Å². The summed E-state index contributed by atoms with van der Waals surface area (Å²) in [5.41, 5.74) is 3.80. The minimum Gasteiger partial charge on any atom is -0.365 e. The molecule has 0 atom stereocenters. The molecule has 0 aliphatic heterocycles. The van der Waals surface area contributed by atoms with Crippen molar-refractivity contribution in [1.82, 2.24) is 24.3 Å². The molecule has 0 unspecified atom stereocenters. The molecule has 0 fully saturated rings. The number of rotatable bonds is 4. The van der Waals surface area contributed by atoms with Crippen LogP contribution in [0.25, 0.3) is 16.9 Å². The van der Waals surface area contributed by atoms with Crippen molar-refractivity contribution < 1.29 is 0 Å². The smallest absolute Gasteiger partial charge is 0.157 e. The van der Waals surface area contributed by atoms with E-state index in [9.17, 15) is 0 Å². The SMILES string of the molecule is c1cncc(CNc2c(-c3ccncc3)nc3cnccn23)c1. The molecule has 112 valence electrons. The number of aromatic nitrogens is 5. The van der Waals surface area contributed by atoms with Crippen molar-refractivity contribution in [2.24, 2.45) is 0 Å². The summed E-state index contributed by atoms with van der Waals surface area (Å²) in [6, 6.07) is 7.87. The van der Waals surface area contributed by atoms with E-state index in [1.807, 2.05) is 41.1 Å². The van der Waals surface area contributed by atoms with Gasteiger partial charge in [-0.1, -0.05) is 6.07 Å². The van der Waals surface area contributed by atoms with Gasteiger partial charge in [-0.2, -0.15) is 0 Å². The molecule has 4 aromatic rings. The normalized spacial score (nSPS) is 10.8. The Kier molecular flexibility index (Phi) is 3.40. The summed E-state index contributed by atoms with van der Waals surface area (Å²) in [6.45, 7) is 0.669. The lowest BCUT2D eigenvalue weighted by Crippen LogP contribution is -2.03. The Morgan fingerprint density at radius 1 is 0.913 bits per heavy atom. The van der Waals surface area contributed by atoms with Crippen molar-refractivity contribution in [2.45, 2.75) is 6.54 Å². The lowest BCUT2D eigenvalue weighted by atomic mass is 10.2. The van der Waals surface area contributed by atoms with E-state index >= 15 is 0 Å². The highest BCUT2D eigenvalue weighted by Gasteiger charge is 2.13. The first-order valence-electron chi connectivity index (χ1n) is 7.27. The Balaban J connectivity index is 1.77. The van der Waals surface area contributed by atoms with Gasteiger partial charge in [0.05, 0.1) is 6.20 Å². The highest BCUT2D eigenvalue weighted by molar-refractivity contribution is 5.76. The quantitative estimate of drug-likeness (QED) is 0.628. The zero-order chi connectivity index (χ0) is 15.5. The number of nitrogens with zero attached hydrogens (tertiary/aromatic N) is 5. The maximum absolute atomic E-state index is 4.69. The van der Waals surface area contributed by atoms with Crippen LogP contribution in [-0.4, -0.2) is 24.3 Å². The van der Waals surface area contributed by atoms with Gasteiger partial charge in [-0.25, -0.2) is 4.98 Å². The predicted molar refractivity (Wildman–Crippen MR) is 87.8 cm³/mol. The second-order valence-corrected chi connectivity index (χ2v) is 5.06. The summed E-state index contributed by atoms with van der Waals surface area (Å²) in [5, 5.41) is 3.46. The molecule has 0 aliphatic carbocycles. The molecular weight excluding hydrogens is 288 g/mol. The van der Waals surface area contributed by atoms with Gasteiger partial charge in [0.15, 0.2) is 5.65 Å². The van der Waals surface area contributed by atoms with Gasteiger partial charge in [-0.3, -0.25) is 19.4 Å². The second kappa shape index (κ2) is 5.84. The van der Waals surface area contributed by atoms with E-state index in [0.29, 0.717) is 6.54 Å². The van der Waals surface area contributed by atoms with Crippen LogP contribution in [0.5, 0.6) is 0 Å². The van der Waals surface area contributed by atoms with Crippen LogP contribution in [0.4, 0.5) is 5.82 Å². The molecule has 0 radical (unpaired) electrons. The fraction of sp³-hybridized carbons (Fsp3) is 0.0588. The van der Waals surface area contributed by atoms with Crippen molar-refractivity contribution in [3.05, 3.63) is 73.2 Å². The van der Waals surface area contributed by atoms with Crippen LogP contribution in [-0.2, 0) is 6.54 Å². The number of fused-ring (bicyclic) bond motifs is 1. The van der Waals surface area contributed by atoms with E-state index in [2.05, 4.69) is 25.3 Å². The molecule has 0 spiro atoms. The molecule has 0 bridgehead atoms.